The Bertz CT molecular complexity index is 818. The van der Waals surface area contributed by atoms with E-state index >= 15 is 0 Å². The van der Waals surface area contributed by atoms with Crippen LogP contribution in [0.5, 0.6) is 0 Å². The van der Waals surface area contributed by atoms with Crippen LogP contribution in [0.2, 0.25) is 0 Å². The van der Waals surface area contributed by atoms with Crippen molar-refractivity contribution in [2.24, 2.45) is 0 Å². The lowest BCUT2D eigenvalue weighted by molar-refractivity contribution is -0.141. The Morgan fingerprint density at radius 3 is 2.30 bits per heavy atom. The van der Waals surface area contributed by atoms with Crippen molar-refractivity contribution >= 4 is 11.6 Å². The van der Waals surface area contributed by atoms with Crippen molar-refractivity contribution in [3.05, 3.63) is 58.9 Å². The van der Waals surface area contributed by atoms with Gasteiger partial charge in [-0.3, -0.25) is 4.79 Å². The maximum atomic E-state index is 12.8. The van der Waals surface area contributed by atoms with Gasteiger partial charge in [-0.15, -0.1) is 0 Å². The predicted molar refractivity (Wildman–Crippen MR) is 97.9 cm³/mol. The van der Waals surface area contributed by atoms with Crippen molar-refractivity contribution in [3.63, 3.8) is 0 Å². The number of hydrogen-bond donors (Lipinski definition) is 0. The molecule has 1 aliphatic rings. The highest BCUT2D eigenvalue weighted by Crippen LogP contribution is 2.28. The molecule has 0 N–H and O–H groups in total. The van der Waals surface area contributed by atoms with Gasteiger partial charge in [0.2, 0.25) is 0 Å². The summed E-state index contributed by atoms with van der Waals surface area (Å²) in [7, 11) is 0. The largest absolute Gasteiger partial charge is 0.433 e. The second-order valence-corrected chi connectivity index (χ2v) is 6.80. The summed E-state index contributed by atoms with van der Waals surface area (Å²) in [5, 5.41) is 0. The summed E-state index contributed by atoms with van der Waals surface area (Å²) in [4.78, 5) is 20.3. The van der Waals surface area contributed by atoms with Gasteiger partial charge in [-0.1, -0.05) is 17.7 Å². The maximum Gasteiger partial charge on any atom is 0.433 e. The second kappa shape index (κ2) is 7.58. The Hall–Kier alpha value is -2.57. The number of anilines is 1. The fraction of sp³-hybridized carbons (Fsp3) is 0.400. The van der Waals surface area contributed by atoms with Crippen LogP contribution < -0.4 is 4.90 Å². The van der Waals surface area contributed by atoms with Crippen LogP contribution in [0, 0.1) is 13.8 Å². The normalized spacial score (nSPS) is 15.6. The van der Waals surface area contributed by atoms with Crippen LogP contribution in [0.1, 0.15) is 33.7 Å². The number of carbonyl (C=O) groups excluding carboxylic acids is 1. The quantitative estimate of drug-likeness (QED) is 0.792. The van der Waals surface area contributed by atoms with Crippen molar-refractivity contribution in [1.29, 1.82) is 0 Å². The molecule has 1 aromatic carbocycles. The third kappa shape index (κ3) is 4.40. The first-order chi connectivity index (χ1) is 12.8. The molecule has 0 spiro atoms. The molecule has 0 radical (unpaired) electrons. The van der Waals surface area contributed by atoms with E-state index in [4.69, 9.17) is 0 Å². The highest BCUT2D eigenvalue weighted by molar-refractivity contribution is 5.95. The predicted octanol–water partition coefficient (Wildman–Crippen LogP) is 4.07. The van der Waals surface area contributed by atoms with Gasteiger partial charge < -0.3 is 9.80 Å². The van der Waals surface area contributed by atoms with Gasteiger partial charge in [0.05, 0.1) is 11.3 Å². The first kappa shape index (κ1) is 19.2. The molecule has 1 aliphatic heterocycles. The molecule has 0 unspecified atom stereocenters. The van der Waals surface area contributed by atoms with Gasteiger partial charge in [0, 0.05) is 31.9 Å². The van der Waals surface area contributed by atoms with Gasteiger partial charge in [0.25, 0.3) is 5.91 Å². The van der Waals surface area contributed by atoms with E-state index in [1.165, 1.54) is 18.6 Å². The average molecular weight is 377 g/mol. The number of hydrogen-bond acceptors (Lipinski definition) is 3. The molecule has 1 fully saturated rings. The second-order valence-electron chi connectivity index (χ2n) is 6.80. The molecular weight excluding hydrogens is 355 g/mol. The Morgan fingerprint density at radius 1 is 0.963 bits per heavy atom. The molecule has 0 aliphatic carbocycles. The molecule has 0 saturated carbocycles. The van der Waals surface area contributed by atoms with Gasteiger partial charge >= 0.3 is 6.18 Å². The number of pyridine rings is 1. The topological polar surface area (TPSA) is 36.4 Å². The van der Waals surface area contributed by atoms with E-state index in [-0.39, 0.29) is 17.2 Å². The third-order valence-corrected chi connectivity index (χ3v) is 4.79. The zero-order chi connectivity index (χ0) is 19.6. The number of nitrogens with zero attached hydrogens (tertiary/aromatic N) is 3. The summed E-state index contributed by atoms with van der Waals surface area (Å²) < 4.78 is 38.3. The number of carbonyl (C=O) groups is 1. The molecule has 144 valence electrons. The lowest BCUT2D eigenvalue weighted by Gasteiger charge is -2.24. The van der Waals surface area contributed by atoms with Crippen LogP contribution in [-0.2, 0) is 6.18 Å². The fourth-order valence-electron chi connectivity index (χ4n) is 3.25. The maximum absolute atomic E-state index is 12.8. The Balaban J connectivity index is 1.72. The van der Waals surface area contributed by atoms with Gasteiger partial charge in [-0.25, -0.2) is 4.98 Å². The van der Waals surface area contributed by atoms with Gasteiger partial charge in [0.1, 0.15) is 5.69 Å². The molecule has 1 aromatic heterocycles. The van der Waals surface area contributed by atoms with Crippen LogP contribution in [0.4, 0.5) is 18.9 Å². The molecule has 0 atom stereocenters. The highest BCUT2D eigenvalue weighted by Gasteiger charge is 2.33. The fourth-order valence-corrected chi connectivity index (χ4v) is 3.25. The number of amides is 1. The summed E-state index contributed by atoms with van der Waals surface area (Å²) in [6.07, 6.45) is -3.71. The van der Waals surface area contributed by atoms with Crippen molar-refractivity contribution < 1.29 is 18.0 Å². The number of halogens is 3. The monoisotopic (exact) mass is 377 g/mol. The van der Waals surface area contributed by atoms with E-state index in [1.54, 1.807) is 4.90 Å². The van der Waals surface area contributed by atoms with Crippen molar-refractivity contribution in [2.45, 2.75) is 26.4 Å². The molecular formula is C20H22F3N3O. The minimum atomic E-state index is -4.51. The Labute approximate surface area is 156 Å². The van der Waals surface area contributed by atoms with Crippen LogP contribution in [0.25, 0.3) is 0 Å². The summed E-state index contributed by atoms with van der Waals surface area (Å²) in [6.45, 7) is 6.08. The van der Waals surface area contributed by atoms with E-state index in [9.17, 15) is 18.0 Å². The van der Waals surface area contributed by atoms with Crippen molar-refractivity contribution in [3.8, 4) is 0 Å². The van der Waals surface area contributed by atoms with E-state index in [0.29, 0.717) is 19.6 Å². The Kier molecular flexibility index (Phi) is 5.39. The molecule has 2 aromatic rings. The minimum absolute atomic E-state index is 0.106. The molecule has 27 heavy (non-hydrogen) atoms. The minimum Gasteiger partial charge on any atom is -0.370 e. The molecule has 2 heterocycles. The molecule has 3 rings (SSSR count). The Morgan fingerprint density at radius 2 is 1.67 bits per heavy atom. The number of benzene rings is 1. The molecule has 0 bridgehead atoms. The zero-order valence-electron chi connectivity index (χ0n) is 15.4. The summed E-state index contributed by atoms with van der Waals surface area (Å²) >= 11 is 0. The van der Waals surface area contributed by atoms with Crippen LogP contribution >= 0.6 is 0 Å². The smallest absolute Gasteiger partial charge is 0.370 e. The molecule has 4 nitrogen and oxygen atoms in total. The molecule has 7 heteroatoms. The van der Waals surface area contributed by atoms with Gasteiger partial charge in [-0.05, 0) is 44.5 Å². The zero-order valence-corrected chi connectivity index (χ0v) is 15.4. The average Bonchev–Trinajstić information content (AvgIpc) is 2.87. The lowest BCUT2D eigenvalue weighted by atomic mass is 10.1. The summed E-state index contributed by atoms with van der Waals surface area (Å²) in [6, 6.07) is 10.3. The first-order valence-electron chi connectivity index (χ1n) is 8.91. The lowest BCUT2D eigenvalue weighted by Crippen LogP contribution is -2.35. The van der Waals surface area contributed by atoms with E-state index in [1.807, 2.05) is 6.92 Å². The number of rotatable bonds is 2. The van der Waals surface area contributed by atoms with Crippen molar-refractivity contribution in [2.75, 3.05) is 31.1 Å². The number of aromatic nitrogens is 1. The highest BCUT2D eigenvalue weighted by atomic mass is 19.4. The number of aryl methyl sites for hydroxylation is 2. The van der Waals surface area contributed by atoms with Crippen LogP contribution in [-0.4, -0.2) is 42.0 Å². The number of alkyl halides is 3. The standard InChI is InChI=1S/C20H22F3N3O/c1-14-4-6-16(7-5-14)25-10-3-11-26(13-12-25)19(27)17-8-9-18(20(21,22)23)24-15(17)2/h4-9H,3,10-13H2,1-2H3. The summed E-state index contributed by atoms with van der Waals surface area (Å²) in [5.41, 5.74) is 1.66. The van der Waals surface area contributed by atoms with E-state index in [2.05, 4.69) is 34.1 Å². The van der Waals surface area contributed by atoms with Crippen LogP contribution in [0.3, 0.4) is 0 Å². The SMILES string of the molecule is Cc1ccc(N2CCCN(C(=O)c3ccc(C(F)(F)F)nc3C)CC2)cc1. The van der Waals surface area contributed by atoms with Crippen molar-refractivity contribution in [1.82, 2.24) is 9.88 Å². The van der Waals surface area contributed by atoms with Crippen LogP contribution in [0.15, 0.2) is 36.4 Å². The van der Waals surface area contributed by atoms with Gasteiger partial charge in [-0.2, -0.15) is 13.2 Å². The van der Waals surface area contributed by atoms with Gasteiger partial charge in [0.15, 0.2) is 0 Å². The molecule has 1 saturated heterocycles. The third-order valence-electron chi connectivity index (χ3n) is 4.79. The first-order valence-corrected chi connectivity index (χ1v) is 8.91. The van der Waals surface area contributed by atoms with E-state index < -0.39 is 11.9 Å². The van der Waals surface area contributed by atoms with E-state index in [0.717, 1.165) is 24.7 Å². The molecule has 1 amide bonds. The summed E-state index contributed by atoms with van der Waals surface area (Å²) in [5.74, 6) is -0.264.